The molecule has 0 saturated carbocycles. The molecular weight excluding hydrogens is 548 g/mol. The Hall–Kier alpha value is -3.89. The molecule has 4 amide bonds. The molecule has 11 nitrogen and oxygen atoms in total. The highest BCUT2D eigenvalue weighted by molar-refractivity contribution is 5.99. The number of carbonyl (C=O) groups excluding carboxylic acids is 4. The van der Waals surface area contributed by atoms with Crippen molar-refractivity contribution in [2.75, 3.05) is 32.8 Å². The van der Waals surface area contributed by atoms with Crippen molar-refractivity contribution < 1.29 is 23.9 Å². The number of nitrogens with one attached hydrogen (secondary N) is 3. The SMILES string of the molecule is CC(=O)N1CCC2(CCCCNC(=O)[C@H](CCCCNC(=O)CCc3ccnn3C)NC(=O)c3ccccc3OC2)CC1. The lowest BCUT2D eigenvalue weighted by molar-refractivity contribution is -0.131. The lowest BCUT2D eigenvalue weighted by Gasteiger charge is -2.41. The number of rotatable bonds is 8. The number of hydrogen-bond donors (Lipinski definition) is 3. The summed E-state index contributed by atoms with van der Waals surface area (Å²) in [5.41, 5.74) is 1.32. The summed E-state index contributed by atoms with van der Waals surface area (Å²) in [7, 11) is 1.86. The summed E-state index contributed by atoms with van der Waals surface area (Å²) in [6, 6.07) is 8.36. The number of aryl methyl sites for hydroxylation is 2. The zero-order chi connectivity index (χ0) is 30.7. The van der Waals surface area contributed by atoms with Crippen LogP contribution in [0.1, 0.15) is 80.8 Å². The van der Waals surface area contributed by atoms with E-state index in [9.17, 15) is 19.2 Å². The zero-order valence-electron chi connectivity index (χ0n) is 25.5. The molecular formula is C32H46N6O5. The van der Waals surface area contributed by atoms with E-state index < -0.39 is 6.04 Å². The summed E-state index contributed by atoms with van der Waals surface area (Å²) < 4.78 is 8.09. The van der Waals surface area contributed by atoms with E-state index in [1.54, 1.807) is 36.0 Å². The molecule has 0 unspecified atom stereocenters. The summed E-state index contributed by atoms with van der Waals surface area (Å²) in [5.74, 6) is 0.0223. The van der Waals surface area contributed by atoms with Gasteiger partial charge in [-0.05, 0) is 69.6 Å². The summed E-state index contributed by atoms with van der Waals surface area (Å²) in [5, 5.41) is 13.0. The van der Waals surface area contributed by atoms with Gasteiger partial charge in [0.2, 0.25) is 17.7 Å². The molecule has 0 aliphatic carbocycles. The Labute approximate surface area is 254 Å². The molecule has 3 heterocycles. The standard InChI is InChI=1S/C32H46N6O5/c1-24(39)38-21-16-32(17-22-38)15-6-8-19-34-31(42)27(36-30(41)26-9-3-4-11-28(26)43-23-32)10-5-7-18-33-29(40)13-12-25-14-20-35-37(25)2/h3-4,9,11,14,20,27H,5-8,10,12-13,15-19,21-23H2,1-2H3,(H,33,40)(H,34,42)(H,36,41)/t27-/m0/s1. The number of carbonyl (C=O) groups is 4. The highest BCUT2D eigenvalue weighted by atomic mass is 16.5. The number of ether oxygens (including phenoxy) is 1. The van der Waals surface area contributed by atoms with Crippen LogP contribution >= 0.6 is 0 Å². The topological polar surface area (TPSA) is 135 Å². The molecule has 1 aromatic heterocycles. The van der Waals surface area contributed by atoms with Crippen LogP contribution in [-0.2, 0) is 27.9 Å². The second kappa shape index (κ2) is 15.5. The summed E-state index contributed by atoms with van der Waals surface area (Å²) in [4.78, 5) is 52.6. The van der Waals surface area contributed by atoms with Crippen molar-refractivity contribution in [2.45, 2.75) is 77.2 Å². The zero-order valence-corrected chi connectivity index (χ0v) is 25.5. The van der Waals surface area contributed by atoms with Gasteiger partial charge in [0.25, 0.3) is 5.91 Å². The van der Waals surface area contributed by atoms with Gasteiger partial charge in [0.15, 0.2) is 0 Å². The van der Waals surface area contributed by atoms with Gasteiger partial charge >= 0.3 is 0 Å². The largest absolute Gasteiger partial charge is 0.492 e. The molecule has 11 heteroatoms. The Balaban J connectivity index is 1.32. The molecule has 234 valence electrons. The fourth-order valence-electron chi connectivity index (χ4n) is 5.92. The number of para-hydroxylation sites is 1. The average Bonchev–Trinajstić information content (AvgIpc) is 3.42. The molecule has 2 aliphatic rings. The lowest BCUT2D eigenvalue weighted by atomic mass is 9.75. The Morgan fingerprint density at radius 2 is 1.88 bits per heavy atom. The van der Waals surface area contributed by atoms with Crippen molar-refractivity contribution >= 4 is 23.6 Å². The number of fused-ring (bicyclic) bond motifs is 1. The van der Waals surface area contributed by atoms with Crippen molar-refractivity contribution in [1.82, 2.24) is 30.6 Å². The first kappa shape index (κ1) is 32.0. The number of benzene rings is 1. The van der Waals surface area contributed by atoms with Crippen molar-refractivity contribution in [1.29, 1.82) is 0 Å². The van der Waals surface area contributed by atoms with Crippen LogP contribution in [0.3, 0.4) is 0 Å². The monoisotopic (exact) mass is 594 g/mol. The van der Waals surface area contributed by atoms with Gasteiger partial charge in [0, 0.05) is 63.9 Å². The van der Waals surface area contributed by atoms with Crippen molar-refractivity contribution in [3.8, 4) is 5.75 Å². The van der Waals surface area contributed by atoms with Crippen molar-refractivity contribution in [3.05, 3.63) is 47.8 Å². The molecule has 0 bridgehead atoms. The van der Waals surface area contributed by atoms with Crippen LogP contribution in [0.25, 0.3) is 0 Å². The molecule has 1 aromatic carbocycles. The minimum absolute atomic E-state index is 0.0203. The molecule has 1 spiro atoms. The predicted octanol–water partition coefficient (Wildman–Crippen LogP) is 2.75. The van der Waals surface area contributed by atoms with Gasteiger partial charge in [-0.15, -0.1) is 0 Å². The fourth-order valence-corrected chi connectivity index (χ4v) is 5.92. The summed E-state index contributed by atoms with van der Waals surface area (Å²) >= 11 is 0. The van der Waals surface area contributed by atoms with Crippen LogP contribution in [0.2, 0.25) is 0 Å². The van der Waals surface area contributed by atoms with E-state index in [1.807, 2.05) is 24.1 Å². The van der Waals surface area contributed by atoms with Crippen LogP contribution in [0.5, 0.6) is 5.75 Å². The number of amides is 4. The molecule has 1 atom stereocenters. The number of nitrogens with zero attached hydrogens (tertiary/aromatic N) is 3. The van der Waals surface area contributed by atoms with Crippen LogP contribution in [0.15, 0.2) is 36.5 Å². The normalized spacial score (nSPS) is 19.4. The van der Waals surface area contributed by atoms with Crippen LogP contribution in [-0.4, -0.2) is 77.1 Å². The maximum atomic E-state index is 13.4. The summed E-state index contributed by atoms with van der Waals surface area (Å²) in [6.45, 7) is 4.53. The Morgan fingerprint density at radius 3 is 2.63 bits per heavy atom. The Bertz CT molecular complexity index is 1250. The first-order chi connectivity index (χ1) is 20.8. The van der Waals surface area contributed by atoms with Crippen molar-refractivity contribution in [2.24, 2.45) is 12.5 Å². The van der Waals surface area contributed by atoms with Crippen LogP contribution in [0.4, 0.5) is 0 Å². The first-order valence-corrected chi connectivity index (χ1v) is 15.6. The third-order valence-corrected chi connectivity index (χ3v) is 8.76. The maximum absolute atomic E-state index is 13.4. The lowest BCUT2D eigenvalue weighted by Crippen LogP contribution is -2.47. The predicted molar refractivity (Wildman–Crippen MR) is 162 cm³/mol. The highest BCUT2D eigenvalue weighted by Gasteiger charge is 2.36. The van der Waals surface area contributed by atoms with E-state index >= 15 is 0 Å². The van der Waals surface area contributed by atoms with Crippen LogP contribution < -0.4 is 20.7 Å². The smallest absolute Gasteiger partial charge is 0.255 e. The number of piperidine rings is 1. The number of hydrogen-bond acceptors (Lipinski definition) is 6. The fraction of sp³-hybridized carbons (Fsp3) is 0.594. The van der Waals surface area contributed by atoms with Gasteiger partial charge in [-0.2, -0.15) is 5.10 Å². The van der Waals surface area contributed by atoms with E-state index in [-0.39, 0.29) is 29.0 Å². The molecule has 1 saturated heterocycles. The molecule has 2 aliphatic heterocycles. The van der Waals surface area contributed by atoms with Crippen molar-refractivity contribution in [3.63, 3.8) is 0 Å². The van der Waals surface area contributed by atoms with E-state index in [4.69, 9.17) is 4.74 Å². The van der Waals surface area contributed by atoms with E-state index in [1.165, 1.54) is 0 Å². The van der Waals surface area contributed by atoms with Gasteiger partial charge in [0.1, 0.15) is 11.8 Å². The molecule has 1 fully saturated rings. The minimum Gasteiger partial charge on any atom is -0.492 e. The number of aromatic nitrogens is 2. The van der Waals surface area contributed by atoms with Gasteiger partial charge in [-0.25, -0.2) is 0 Å². The second-order valence-electron chi connectivity index (χ2n) is 11.9. The van der Waals surface area contributed by atoms with Gasteiger partial charge < -0.3 is 25.6 Å². The van der Waals surface area contributed by atoms with E-state index in [0.29, 0.717) is 76.2 Å². The maximum Gasteiger partial charge on any atom is 0.255 e. The van der Waals surface area contributed by atoms with E-state index in [0.717, 1.165) is 37.8 Å². The number of likely N-dealkylation sites (tertiary alicyclic amines) is 1. The Kier molecular flexibility index (Phi) is 11.6. The molecule has 0 radical (unpaired) electrons. The van der Waals surface area contributed by atoms with Gasteiger partial charge in [-0.3, -0.25) is 23.9 Å². The highest BCUT2D eigenvalue weighted by Crippen LogP contribution is 2.38. The minimum atomic E-state index is -0.689. The van der Waals surface area contributed by atoms with Gasteiger partial charge in [0.05, 0.1) is 12.2 Å². The number of unbranched alkanes of at least 4 members (excludes halogenated alkanes) is 1. The molecule has 43 heavy (non-hydrogen) atoms. The van der Waals surface area contributed by atoms with Gasteiger partial charge in [-0.1, -0.05) is 18.6 Å². The third-order valence-electron chi connectivity index (χ3n) is 8.76. The quantitative estimate of drug-likeness (QED) is 0.403. The first-order valence-electron chi connectivity index (χ1n) is 15.6. The average molecular weight is 595 g/mol. The molecule has 3 N–H and O–H groups in total. The van der Waals surface area contributed by atoms with E-state index in [2.05, 4.69) is 21.0 Å². The molecule has 4 rings (SSSR count). The third kappa shape index (κ3) is 9.30. The second-order valence-corrected chi connectivity index (χ2v) is 11.9. The van der Waals surface area contributed by atoms with Crippen LogP contribution in [0, 0.1) is 5.41 Å². The molecule has 2 aromatic rings. The Morgan fingerprint density at radius 1 is 1.09 bits per heavy atom. The summed E-state index contributed by atoms with van der Waals surface area (Å²) in [6.07, 6.45) is 8.94.